The number of carbonyl (C=O) groups excluding carboxylic acids is 3. The van der Waals surface area contributed by atoms with Gasteiger partial charge in [0.25, 0.3) is 5.91 Å². The molecule has 4 rings (SSSR count). The molecule has 1 saturated heterocycles. The van der Waals surface area contributed by atoms with E-state index in [2.05, 4.69) is 15.1 Å². The molecule has 1 aliphatic rings. The number of aryl methyl sites for hydroxylation is 2. The van der Waals surface area contributed by atoms with Crippen molar-refractivity contribution >= 4 is 50.4 Å². The Labute approximate surface area is 222 Å². The number of nitrogens with zero attached hydrogens (tertiary/aromatic N) is 3. The van der Waals surface area contributed by atoms with Gasteiger partial charge >= 0.3 is 0 Å². The van der Waals surface area contributed by atoms with Crippen LogP contribution < -0.4 is 15.8 Å². The number of likely N-dealkylation sites (tertiary alicyclic amines) is 1. The molecule has 3 aromatic rings. The summed E-state index contributed by atoms with van der Waals surface area (Å²) in [6, 6.07) is 5.84. The van der Waals surface area contributed by atoms with Crippen molar-refractivity contribution < 1.29 is 22.8 Å². The molecule has 0 spiro atoms. The highest BCUT2D eigenvalue weighted by atomic mass is 32.2. The standard InChI is InChI=1S/C23H28N6O5S3/c1-14-11-19(28(2)26-14)23(32)29-8-7-15(27-37(33,34)20-6-4-10-36-20)12-18(29)22(31)25-17(21(24)30)13-16-5-3-9-35-16/h3-6,9-11,15,17-18,27H,7-8,12-13H2,1-2H3,(H2,24,30)(H,25,31)/t15-,17-,18-/m0/s1. The molecular weight excluding hydrogens is 536 g/mol. The third-order valence-electron chi connectivity index (χ3n) is 6.11. The molecule has 4 N–H and O–H groups in total. The molecule has 3 atom stereocenters. The van der Waals surface area contributed by atoms with Gasteiger partial charge in [-0.05, 0) is 48.7 Å². The van der Waals surface area contributed by atoms with Gasteiger partial charge in [0.2, 0.25) is 21.8 Å². The molecule has 3 aromatic heterocycles. The van der Waals surface area contributed by atoms with Crippen LogP contribution in [-0.4, -0.2) is 65.5 Å². The number of primary amides is 1. The Hall–Kier alpha value is -3.07. The quantitative estimate of drug-likeness (QED) is 0.352. The number of nitrogens with two attached hydrogens (primary N) is 1. The van der Waals surface area contributed by atoms with E-state index < -0.39 is 45.9 Å². The van der Waals surface area contributed by atoms with E-state index in [9.17, 15) is 22.8 Å². The van der Waals surface area contributed by atoms with E-state index in [1.54, 1.807) is 31.5 Å². The van der Waals surface area contributed by atoms with E-state index in [0.717, 1.165) is 16.2 Å². The molecule has 0 aliphatic carbocycles. The molecule has 0 bridgehead atoms. The minimum atomic E-state index is -3.78. The lowest BCUT2D eigenvalue weighted by atomic mass is 9.96. The summed E-state index contributed by atoms with van der Waals surface area (Å²) in [4.78, 5) is 41.4. The maximum atomic E-state index is 13.5. The SMILES string of the molecule is Cc1cc(C(=O)N2CC[C@H](NS(=O)(=O)c3cccs3)C[C@H]2C(=O)N[C@@H](Cc2cccs2)C(N)=O)n(C)n1. The maximum absolute atomic E-state index is 13.5. The molecular formula is C23H28N6O5S3. The Morgan fingerprint density at radius 2 is 1.95 bits per heavy atom. The van der Waals surface area contributed by atoms with E-state index in [1.165, 1.54) is 27.0 Å². The zero-order valence-electron chi connectivity index (χ0n) is 20.3. The van der Waals surface area contributed by atoms with Crippen LogP contribution in [0.15, 0.2) is 45.3 Å². The average molecular weight is 565 g/mol. The highest BCUT2D eigenvalue weighted by Gasteiger charge is 2.40. The van der Waals surface area contributed by atoms with Crippen molar-refractivity contribution in [2.75, 3.05) is 6.54 Å². The summed E-state index contributed by atoms with van der Waals surface area (Å²) in [7, 11) is -2.14. The fourth-order valence-corrected chi connectivity index (χ4v) is 7.38. The number of sulfonamides is 1. The summed E-state index contributed by atoms with van der Waals surface area (Å²) in [5.74, 6) is -1.68. The molecule has 4 heterocycles. The van der Waals surface area contributed by atoms with Crippen LogP contribution in [-0.2, 0) is 33.1 Å². The third-order valence-corrected chi connectivity index (χ3v) is 9.93. The van der Waals surface area contributed by atoms with Crippen LogP contribution in [0.3, 0.4) is 0 Å². The molecule has 0 aromatic carbocycles. The van der Waals surface area contributed by atoms with Crippen LogP contribution >= 0.6 is 22.7 Å². The number of rotatable bonds is 9. The van der Waals surface area contributed by atoms with Gasteiger partial charge in [-0.1, -0.05) is 12.1 Å². The van der Waals surface area contributed by atoms with Crippen molar-refractivity contribution in [2.24, 2.45) is 12.8 Å². The van der Waals surface area contributed by atoms with E-state index in [1.807, 2.05) is 17.5 Å². The number of hydrogen-bond donors (Lipinski definition) is 3. The second-order valence-electron chi connectivity index (χ2n) is 8.83. The Balaban J connectivity index is 1.57. The van der Waals surface area contributed by atoms with E-state index in [-0.39, 0.29) is 23.6 Å². The first kappa shape index (κ1) is 27.0. The first-order valence-corrected chi connectivity index (χ1v) is 14.8. The van der Waals surface area contributed by atoms with Gasteiger partial charge in [-0.2, -0.15) is 5.10 Å². The Morgan fingerprint density at radius 1 is 1.22 bits per heavy atom. The van der Waals surface area contributed by atoms with Crippen LogP contribution in [0.5, 0.6) is 0 Å². The topological polar surface area (TPSA) is 156 Å². The number of nitrogens with one attached hydrogen (secondary N) is 2. The normalized spacial score (nSPS) is 18.9. The minimum Gasteiger partial charge on any atom is -0.368 e. The van der Waals surface area contributed by atoms with Crippen molar-refractivity contribution in [2.45, 2.75) is 48.5 Å². The number of piperidine rings is 1. The zero-order chi connectivity index (χ0) is 26.7. The van der Waals surface area contributed by atoms with Gasteiger partial charge in [-0.3, -0.25) is 19.1 Å². The van der Waals surface area contributed by atoms with Crippen molar-refractivity contribution in [1.82, 2.24) is 24.7 Å². The molecule has 0 saturated carbocycles. The van der Waals surface area contributed by atoms with Crippen LogP contribution in [0.25, 0.3) is 0 Å². The summed E-state index contributed by atoms with van der Waals surface area (Å²) >= 11 is 2.53. The van der Waals surface area contributed by atoms with Crippen molar-refractivity contribution in [3.8, 4) is 0 Å². The zero-order valence-corrected chi connectivity index (χ0v) is 22.7. The fraction of sp³-hybridized carbons (Fsp3) is 0.391. The molecule has 1 fully saturated rings. The van der Waals surface area contributed by atoms with E-state index in [4.69, 9.17) is 5.73 Å². The highest BCUT2D eigenvalue weighted by Crippen LogP contribution is 2.24. The van der Waals surface area contributed by atoms with Crippen molar-refractivity contribution in [3.05, 3.63) is 57.4 Å². The van der Waals surface area contributed by atoms with Crippen LogP contribution in [0.1, 0.15) is 33.9 Å². The van der Waals surface area contributed by atoms with Gasteiger partial charge in [0.05, 0.1) is 5.69 Å². The second-order valence-corrected chi connectivity index (χ2v) is 12.8. The van der Waals surface area contributed by atoms with E-state index in [0.29, 0.717) is 17.8 Å². The molecule has 37 heavy (non-hydrogen) atoms. The summed E-state index contributed by atoms with van der Waals surface area (Å²) in [6.45, 7) is 1.89. The van der Waals surface area contributed by atoms with Gasteiger partial charge in [0.15, 0.2) is 0 Å². The summed E-state index contributed by atoms with van der Waals surface area (Å²) < 4.78 is 29.9. The smallest absolute Gasteiger partial charge is 0.272 e. The summed E-state index contributed by atoms with van der Waals surface area (Å²) in [5, 5.41) is 10.4. The van der Waals surface area contributed by atoms with Gasteiger partial charge in [0.1, 0.15) is 22.0 Å². The summed E-state index contributed by atoms with van der Waals surface area (Å²) in [6.07, 6.45) is 0.559. The maximum Gasteiger partial charge on any atom is 0.272 e. The van der Waals surface area contributed by atoms with Crippen LogP contribution in [0.4, 0.5) is 0 Å². The van der Waals surface area contributed by atoms with Crippen LogP contribution in [0.2, 0.25) is 0 Å². The lowest BCUT2D eigenvalue weighted by Gasteiger charge is -2.39. The predicted octanol–water partition coefficient (Wildman–Crippen LogP) is 1.02. The van der Waals surface area contributed by atoms with Gasteiger partial charge in [0, 0.05) is 30.9 Å². The number of aromatic nitrogens is 2. The Bertz CT molecular complexity index is 1370. The van der Waals surface area contributed by atoms with Crippen molar-refractivity contribution in [3.63, 3.8) is 0 Å². The fourth-order valence-electron chi connectivity index (χ4n) is 4.34. The first-order chi connectivity index (χ1) is 17.5. The first-order valence-electron chi connectivity index (χ1n) is 11.5. The molecule has 11 nitrogen and oxygen atoms in total. The summed E-state index contributed by atoms with van der Waals surface area (Å²) in [5.41, 5.74) is 6.52. The number of thiophene rings is 2. The number of hydrogen-bond acceptors (Lipinski definition) is 8. The van der Waals surface area contributed by atoms with Gasteiger partial charge < -0.3 is 16.0 Å². The Kier molecular flexibility index (Phi) is 8.11. The predicted molar refractivity (Wildman–Crippen MR) is 140 cm³/mol. The average Bonchev–Trinajstić information content (AvgIpc) is 3.61. The minimum absolute atomic E-state index is 0.0312. The van der Waals surface area contributed by atoms with E-state index >= 15 is 0 Å². The largest absolute Gasteiger partial charge is 0.368 e. The number of amides is 3. The third kappa shape index (κ3) is 6.26. The lowest BCUT2D eigenvalue weighted by molar-refractivity contribution is -0.131. The monoisotopic (exact) mass is 564 g/mol. The molecule has 1 aliphatic heterocycles. The lowest BCUT2D eigenvalue weighted by Crippen LogP contribution is -2.59. The van der Waals surface area contributed by atoms with Gasteiger partial charge in [-0.15, -0.1) is 22.7 Å². The molecule has 14 heteroatoms. The van der Waals surface area contributed by atoms with Crippen molar-refractivity contribution in [1.29, 1.82) is 0 Å². The van der Waals surface area contributed by atoms with Gasteiger partial charge in [-0.25, -0.2) is 13.1 Å². The highest BCUT2D eigenvalue weighted by molar-refractivity contribution is 7.91. The van der Waals surface area contributed by atoms with Crippen LogP contribution in [0, 0.1) is 6.92 Å². The Morgan fingerprint density at radius 3 is 2.54 bits per heavy atom. The molecule has 0 radical (unpaired) electrons. The second kappa shape index (κ2) is 11.1. The molecule has 198 valence electrons. The molecule has 0 unspecified atom stereocenters. The number of carbonyl (C=O) groups is 3. The molecule has 3 amide bonds.